The van der Waals surface area contributed by atoms with Gasteiger partial charge in [-0.25, -0.2) is 0 Å². The first-order chi connectivity index (χ1) is 12.7. The van der Waals surface area contributed by atoms with Crippen molar-refractivity contribution >= 4 is 33.3 Å². The molecule has 1 N–H and O–H groups in total. The van der Waals surface area contributed by atoms with Crippen LogP contribution in [0, 0.1) is 6.92 Å². The van der Waals surface area contributed by atoms with Crippen LogP contribution in [0.4, 0.5) is 5.69 Å². The van der Waals surface area contributed by atoms with Crippen LogP contribution in [0.1, 0.15) is 16.1 Å². The van der Waals surface area contributed by atoms with Crippen LogP contribution < -0.4 is 14.8 Å². The first-order valence-corrected chi connectivity index (χ1v) is 8.32. The van der Waals surface area contributed by atoms with Gasteiger partial charge in [-0.05, 0) is 24.4 Å². The van der Waals surface area contributed by atoms with E-state index in [0.717, 1.165) is 27.3 Å². The second kappa shape index (κ2) is 5.52. The molecule has 0 bridgehead atoms. The third-order valence-electron chi connectivity index (χ3n) is 4.66. The Balaban J connectivity index is 1.55. The zero-order valence-electron chi connectivity index (χ0n) is 14.0. The van der Waals surface area contributed by atoms with Gasteiger partial charge >= 0.3 is 0 Å². The lowest BCUT2D eigenvalue weighted by Gasteiger charge is -2.05. The van der Waals surface area contributed by atoms with Gasteiger partial charge in [0, 0.05) is 28.1 Å². The van der Waals surface area contributed by atoms with Gasteiger partial charge in [-0.3, -0.25) is 4.79 Å². The summed E-state index contributed by atoms with van der Waals surface area (Å²) in [6, 6.07) is 17.3. The fourth-order valence-electron chi connectivity index (χ4n) is 3.33. The summed E-state index contributed by atoms with van der Waals surface area (Å²) in [4.78, 5) is 12.8. The molecule has 128 valence electrons. The highest BCUT2D eigenvalue weighted by Crippen LogP contribution is 2.35. The van der Waals surface area contributed by atoms with E-state index in [4.69, 9.17) is 13.9 Å². The van der Waals surface area contributed by atoms with Gasteiger partial charge in [0.05, 0.1) is 0 Å². The number of hydrogen-bond donors (Lipinski definition) is 1. The highest BCUT2D eigenvalue weighted by molar-refractivity contribution is 6.11. The Morgan fingerprint density at radius 2 is 1.81 bits per heavy atom. The summed E-state index contributed by atoms with van der Waals surface area (Å²) in [6.45, 7) is 2.09. The van der Waals surface area contributed by atoms with Crippen molar-refractivity contribution in [1.82, 2.24) is 0 Å². The van der Waals surface area contributed by atoms with Crippen molar-refractivity contribution in [2.45, 2.75) is 6.92 Å². The van der Waals surface area contributed by atoms with E-state index in [9.17, 15) is 4.79 Å². The molecule has 0 spiro atoms. The summed E-state index contributed by atoms with van der Waals surface area (Å²) in [5, 5.41) is 5.89. The van der Waals surface area contributed by atoms with Crippen molar-refractivity contribution < 1.29 is 18.7 Å². The number of fused-ring (bicyclic) bond motifs is 4. The minimum absolute atomic E-state index is 0.197. The molecule has 1 aromatic heterocycles. The molecular weight excluding hydrogens is 330 g/mol. The summed E-state index contributed by atoms with van der Waals surface area (Å²) in [5.41, 5.74) is 2.18. The Labute approximate surface area is 149 Å². The van der Waals surface area contributed by atoms with Crippen LogP contribution in [0.25, 0.3) is 21.7 Å². The topological polar surface area (TPSA) is 60.7 Å². The molecular formula is C21H15NO4. The minimum atomic E-state index is -0.290. The quantitative estimate of drug-likeness (QED) is 0.563. The molecule has 4 aromatic rings. The molecule has 0 unspecified atom stereocenters. The lowest BCUT2D eigenvalue weighted by Crippen LogP contribution is -2.12. The van der Waals surface area contributed by atoms with Gasteiger partial charge in [0.25, 0.3) is 5.91 Å². The van der Waals surface area contributed by atoms with E-state index in [-0.39, 0.29) is 12.7 Å². The normalized spacial score (nSPS) is 12.7. The number of aryl methyl sites for hydroxylation is 1. The molecule has 3 aromatic carbocycles. The van der Waals surface area contributed by atoms with Gasteiger partial charge in [0.15, 0.2) is 17.3 Å². The zero-order valence-corrected chi connectivity index (χ0v) is 14.0. The second-order valence-electron chi connectivity index (χ2n) is 6.24. The number of furan rings is 1. The standard InChI is InChI=1S/C21H15NO4/c1-12-15-8-6-13-4-2-3-5-16(13)20(15)26-19(12)21(23)22-14-7-9-17-18(10-14)25-11-24-17/h2-10H,11H2,1H3,(H,22,23). The second-order valence-corrected chi connectivity index (χ2v) is 6.24. The largest absolute Gasteiger partial charge is 0.454 e. The number of ether oxygens (including phenoxy) is 2. The van der Waals surface area contributed by atoms with E-state index in [1.54, 1.807) is 18.2 Å². The number of hydrogen-bond acceptors (Lipinski definition) is 4. The predicted octanol–water partition coefficient (Wildman–Crippen LogP) is 4.88. The number of benzene rings is 3. The predicted molar refractivity (Wildman–Crippen MR) is 99.0 cm³/mol. The average Bonchev–Trinajstić information content (AvgIpc) is 3.26. The lowest BCUT2D eigenvalue weighted by molar-refractivity contribution is 0.0998. The van der Waals surface area contributed by atoms with E-state index in [1.165, 1.54) is 0 Å². The minimum Gasteiger partial charge on any atom is -0.454 e. The lowest BCUT2D eigenvalue weighted by atomic mass is 10.1. The van der Waals surface area contributed by atoms with Crippen LogP contribution in [-0.4, -0.2) is 12.7 Å². The SMILES string of the molecule is Cc1c(C(=O)Nc2ccc3c(c2)OCO3)oc2c1ccc1ccccc12. The molecule has 1 amide bonds. The number of amides is 1. The molecule has 0 fully saturated rings. The van der Waals surface area contributed by atoms with Crippen molar-refractivity contribution in [2.24, 2.45) is 0 Å². The fourth-order valence-corrected chi connectivity index (χ4v) is 3.33. The maximum absolute atomic E-state index is 12.8. The Bertz CT molecular complexity index is 1180. The molecule has 0 radical (unpaired) electrons. The molecule has 5 heteroatoms. The number of rotatable bonds is 2. The number of nitrogens with one attached hydrogen (secondary N) is 1. The van der Waals surface area contributed by atoms with Crippen LogP contribution in [-0.2, 0) is 0 Å². The van der Waals surface area contributed by atoms with Gasteiger partial charge in [-0.1, -0.05) is 36.4 Å². The number of carbonyl (C=O) groups excluding carboxylic acids is 1. The Morgan fingerprint density at radius 1 is 0.962 bits per heavy atom. The monoisotopic (exact) mass is 345 g/mol. The third-order valence-corrected chi connectivity index (χ3v) is 4.66. The Kier molecular flexibility index (Phi) is 3.15. The van der Waals surface area contributed by atoms with Crippen molar-refractivity contribution in [3.8, 4) is 11.5 Å². The molecule has 0 saturated heterocycles. The van der Waals surface area contributed by atoms with E-state index in [1.807, 2.05) is 43.3 Å². The maximum atomic E-state index is 12.8. The summed E-state index contributed by atoms with van der Waals surface area (Å²) < 4.78 is 16.6. The molecule has 5 nitrogen and oxygen atoms in total. The van der Waals surface area contributed by atoms with Crippen LogP contribution in [0.2, 0.25) is 0 Å². The van der Waals surface area contributed by atoms with Crippen LogP contribution in [0.15, 0.2) is 59.0 Å². The van der Waals surface area contributed by atoms with Crippen molar-refractivity contribution in [1.29, 1.82) is 0 Å². The summed E-state index contributed by atoms with van der Waals surface area (Å²) >= 11 is 0. The zero-order chi connectivity index (χ0) is 17.7. The highest BCUT2D eigenvalue weighted by atomic mass is 16.7. The molecule has 2 heterocycles. The van der Waals surface area contributed by atoms with Crippen LogP contribution >= 0.6 is 0 Å². The molecule has 0 saturated carbocycles. The highest BCUT2D eigenvalue weighted by Gasteiger charge is 2.20. The van der Waals surface area contributed by atoms with E-state index >= 15 is 0 Å². The molecule has 0 atom stereocenters. The molecule has 1 aliphatic heterocycles. The Morgan fingerprint density at radius 3 is 2.73 bits per heavy atom. The van der Waals surface area contributed by atoms with Crippen molar-refractivity contribution in [2.75, 3.05) is 12.1 Å². The van der Waals surface area contributed by atoms with E-state index in [2.05, 4.69) is 5.32 Å². The van der Waals surface area contributed by atoms with Gasteiger partial charge in [-0.15, -0.1) is 0 Å². The number of carbonyl (C=O) groups is 1. The van der Waals surface area contributed by atoms with Crippen molar-refractivity contribution in [3.05, 3.63) is 65.9 Å². The van der Waals surface area contributed by atoms with Gasteiger partial charge < -0.3 is 19.2 Å². The van der Waals surface area contributed by atoms with Gasteiger partial charge in [0.1, 0.15) is 5.58 Å². The summed E-state index contributed by atoms with van der Waals surface area (Å²) in [5.74, 6) is 1.32. The van der Waals surface area contributed by atoms with Gasteiger partial charge in [0.2, 0.25) is 6.79 Å². The molecule has 26 heavy (non-hydrogen) atoms. The average molecular weight is 345 g/mol. The smallest absolute Gasteiger partial charge is 0.291 e. The Hall–Kier alpha value is -3.47. The molecule has 5 rings (SSSR count). The van der Waals surface area contributed by atoms with Crippen molar-refractivity contribution in [3.63, 3.8) is 0 Å². The first-order valence-electron chi connectivity index (χ1n) is 8.32. The molecule has 1 aliphatic rings. The van der Waals surface area contributed by atoms with E-state index in [0.29, 0.717) is 22.9 Å². The van der Waals surface area contributed by atoms with E-state index < -0.39 is 0 Å². The molecule has 0 aliphatic carbocycles. The number of anilines is 1. The van der Waals surface area contributed by atoms with Gasteiger partial charge in [-0.2, -0.15) is 0 Å². The van der Waals surface area contributed by atoms with Crippen LogP contribution in [0.5, 0.6) is 11.5 Å². The maximum Gasteiger partial charge on any atom is 0.291 e. The summed E-state index contributed by atoms with van der Waals surface area (Å²) in [7, 11) is 0. The fraction of sp³-hybridized carbons (Fsp3) is 0.0952. The summed E-state index contributed by atoms with van der Waals surface area (Å²) in [6.07, 6.45) is 0. The third kappa shape index (κ3) is 2.21. The first kappa shape index (κ1) is 14.8. The van der Waals surface area contributed by atoms with Crippen LogP contribution in [0.3, 0.4) is 0 Å².